The number of guanidine groups is 1. The van der Waals surface area contributed by atoms with E-state index in [1.807, 2.05) is 12.3 Å². The number of aliphatic imine (C=N–C) groups is 1. The molecule has 0 aliphatic rings. The van der Waals surface area contributed by atoms with E-state index >= 15 is 0 Å². The first kappa shape index (κ1) is 25.8. The van der Waals surface area contributed by atoms with Gasteiger partial charge >= 0.3 is 0 Å². The van der Waals surface area contributed by atoms with Crippen LogP contribution in [-0.4, -0.2) is 43.8 Å². The molecular formula is C22H35IN4OS. The monoisotopic (exact) mass is 530 g/mol. The van der Waals surface area contributed by atoms with Crippen molar-refractivity contribution in [3.8, 4) is 0 Å². The van der Waals surface area contributed by atoms with Gasteiger partial charge in [0.1, 0.15) is 0 Å². The molecule has 0 atom stereocenters. The lowest BCUT2D eigenvalue weighted by molar-refractivity contribution is 0.134. The molecule has 0 aliphatic carbocycles. The van der Waals surface area contributed by atoms with Gasteiger partial charge in [-0.1, -0.05) is 37.3 Å². The second kappa shape index (κ2) is 16.6. The molecule has 0 radical (unpaired) electrons. The van der Waals surface area contributed by atoms with Gasteiger partial charge in [-0.2, -0.15) is 0 Å². The van der Waals surface area contributed by atoms with E-state index in [0.717, 1.165) is 70.9 Å². The number of aryl methyl sites for hydroxylation is 1. The summed E-state index contributed by atoms with van der Waals surface area (Å²) in [5, 5.41) is 7.89. The highest BCUT2D eigenvalue weighted by Gasteiger charge is 2.02. The molecule has 0 unspecified atom stereocenters. The van der Waals surface area contributed by atoms with Gasteiger partial charge in [-0.05, 0) is 38.2 Å². The maximum atomic E-state index is 5.73. The Hall–Kier alpha value is -1.19. The van der Waals surface area contributed by atoms with Crippen LogP contribution in [0.1, 0.15) is 42.1 Å². The van der Waals surface area contributed by atoms with Crippen molar-refractivity contribution in [3.05, 3.63) is 52.0 Å². The topological polar surface area (TPSA) is 58.5 Å². The van der Waals surface area contributed by atoms with Gasteiger partial charge in [-0.25, -0.2) is 4.98 Å². The average molecular weight is 531 g/mol. The summed E-state index contributed by atoms with van der Waals surface area (Å²) in [6.07, 6.45) is 7.04. The van der Waals surface area contributed by atoms with Crippen LogP contribution in [0.5, 0.6) is 0 Å². The van der Waals surface area contributed by atoms with E-state index in [4.69, 9.17) is 4.74 Å². The number of aromatic nitrogens is 1. The van der Waals surface area contributed by atoms with Crippen LogP contribution < -0.4 is 10.6 Å². The molecule has 5 nitrogen and oxygen atoms in total. The zero-order valence-corrected chi connectivity index (χ0v) is 20.8. The normalized spacial score (nSPS) is 11.2. The zero-order chi connectivity index (χ0) is 19.9. The molecule has 0 saturated carbocycles. The number of hydrogen-bond donors (Lipinski definition) is 2. The molecule has 162 valence electrons. The quantitative estimate of drug-likeness (QED) is 0.174. The molecule has 7 heteroatoms. The minimum atomic E-state index is 0. The van der Waals surface area contributed by atoms with Crippen molar-refractivity contribution in [1.29, 1.82) is 0 Å². The predicted octanol–water partition coefficient (Wildman–Crippen LogP) is 4.46. The Labute approximate surface area is 196 Å². The highest BCUT2D eigenvalue weighted by molar-refractivity contribution is 14.0. The number of hydrogen-bond acceptors (Lipinski definition) is 4. The van der Waals surface area contributed by atoms with Gasteiger partial charge in [0.2, 0.25) is 0 Å². The summed E-state index contributed by atoms with van der Waals surface area (Å²) in [5.74, 6) is 0.889. The minimum absolute atomic E-state index is 0. The summed E-state index contributed by atoms with van der Waals surface area (Å²) in [6.45, 7) is 8.38. The molecule has 0 fully saturated rings. The smallest absolute Gasteiger partial charge is 0.191 e. The van der Waals surface area contributed by atoms with Crippen LogP contribution in [-0.2, 0) is 24.0 Å². The van der Waals surface area contributed by atoms with Crippen molar-refractivity contribution in [1.82, 2.24) is 15.6 Å². The first-order valence-corrected chi connectivity index (χ1v) is 11.2. The molecule has 0 aliphatic heterocycles. The third-order valence-corrected chi connectivity index (χ3v) is 5.47. The Morgan fingerprint density at radius 3 is 2.62 bits per heavy atom. The molecule has 2 rings (SSSR count). The van der Waals surface area contributed by atoms with Crippen LogP contribution in [0.25, 0.3) is 0 Å². The van der Waals surface area contributed by atoms with E-state index in [1.54, 1.807) is 11.3 Å². The van der Waals surface area contributed by atoms with E-state index in [0.29, 0.717) is 0 Å². The maximum absolute atomic E-state index is 5.73. The fourth-order valence-corrected chi connectivity index (χ4v) is 3.56. The standard InChI is InChI=1S/C22H34N4OS.HI/c1-3-20-18-26-21(28-20)12-15-25-22(23-4-2)24-14-8-9-16-27-17-13-19-10-6-5-7-11-19;/h5-7,10-11,18H,3-4,8-9,12-17H2,1-2H3,(H2,23,24,25);1H. The van der Waals surface area contributed by atoms with Gasteiger partial charge < -0.3 is 15.4 Å². The van der Waals surface area contributed by atoms with Crippen molar-refractivity contribution in [2.75, 3.05) is 32.8 Å². The second-order valence-corrected chi connectivity index (χ2v) is 7.77. The van der Waals surface area contributed by atoms with E-state index in [1.165, 1.54) is 15.4 Å². The molecule has 2 aromatic rings. The summed E-state index contributed by atoms with van der Waals surface area (Å²) in [4.78, 5) is 10.5. The fraction of sp³-hybridized carbons (Fsp3) is 0.545. The van der Waals surface area contributed by atoms with Crippen LogP contribution in [0.3, 0.4) is 0 Å². The summed E-state index contributed by atoms with van der Waals surface area (Å²) in [5.41, 5.74) is 1.33. The highest BCUT2D eigenvalue weighted by Crippen LogP contribution is 2.13. The molecule has 0 spiro atoms. The lowest BCUT2D eigenvalue weighted by Crippen LogP contribution is -2.38. The first-order valence-electron chi connectivity index (χ1n) is 10.4. The average Bonchev–Trinajstić information content (AvgIpc) is 3.18. The van der Waals surface area contributed by atoms with Gasteiger partial charge in [-0.3, -0.25) is 4.99 Å². The number of thiazole rings is 1. The lowest BCUT2D eigenvalue weighted by Gasteiger charge is -2.10. The summed E-state index contributed by atoms with van der Waals surface area (Å²) in [7, 11) is 0. The van der Waals surface area contributed by atoms with Gasteiger partial charge in [0.15, 0.2) is 5.96 Å². The van der Waals surface area contributed by atoms with Crippen molar-refractivity contribution in [3.63, 3.8) is 0 Å². The number of rotatable bonds is 13. The van der Waals surface area contributed by atoms with Crippen LogP contribution in [0.2, 0.25) is 0 Å². The Balaban J connectivity index is 0.00000420. The van der Waals surface area contributed by atoms with Crippen LogP contribution in [0.4, 0.5) is 0 Å². The van der Waals surface area contributed by atoms with Crippen molar-refractivity contribution >= 4 is 41.3 Å². The molecule has 29 heavy (non-hydrogen) atoms. The Morgan fingerprint density at radius 2 is 1.90 bits per heavy atom. The molecule has 0 saturated heterocycles. The molecule has 1 aromatic carbocycles. The SMILES string of the molecule is CCNC(=NCCCCOCCc1ccccc1)NCCc1ncc(CC)s1.I. The Kier molecular flexibility index (Phi) is 14.8. The van der Waals surface area contributed by atoms with Crippen molar-refractivity contribution < 1.29 is 4.74 Å². The number of ether oxygens (including phenoxy) is 1. The molecule has 1 aromatic heterocycles. The van der Waals surface area contributed by atoms with E-state index in [9.17, 15) is 0 Å². The van der Waals surface area contributed by atoms with Gasteiger partial charge in [0.05, 0.1) is 11.6 Å². The maximum Gasteiger partial charge on any atom is 0.191 e. The van der Waals surface area contributed by atoms with Crippen molar-refractivity contribution in [2.24, 2.45) is 4.99 Å². The molecular weight excluding hydrogens is 495 g/mol. The first-order chi connectivity index (χ1) is 13.8. The summed E-state index contributed by atoms with van der Waals surface area (Å²) >= 11 is 1.80. The summed E-state index contributed by atoms with van der Waals surface area (Å²) < 4.78 is 5.73. The molecule has 0 amide bonds. The largest absolute Gasteiger partial charge is 0.381 e. The number of nitrogens with one attached hydrogen (secondary N) is 2. The summed E-state index contributed by atoms with van der Waals surface area (Å²) in [6, 6.07) is 10.5. The molecule has 0 bridgehead atoms. The van der Waals surface area contributed by atoms with Crippen molar-refractivity contribution in [2.45, 2.75) is 46.0 Å². The lowest BCUT2D eigenvalue weighted by atomic mass is 10.2. The fourth-order valence-electron chi connectivity index (χ4n) is 2.70. The highest BCUT2D eigenvalue weighted by atomic mass is 127. The third-order valence-electron chi connectivity index (χ3n) is 4.27. The predicted molar refractivity (Wildman–Crippen MR) is 135 cm³/mol. The Bertz CT molecular complexity index is 678. The van der Waals surface area contributed by atoms with Gasteiger partial charge in [-0.15, -0.1) is 35.3 Å². The molecule has 2 N–H and O–H groups in total. The Morgan fingerprint density at radius 1 is 1.07 bits per heavy atom. The number of nitrogens with zero attached hydrogens (tertiary/aromatic N) is 2. The third kappa shape index (κ3) is 11.5. The van der Waals surface area contributed by atoms with E-state index < -0.39 is 0 Å². The van der Waals surface area contributed by atoms with E-state index in [-0.39, 0.29) is 24.0 Å². The minimum Gasteiger partial charge on any atom is -0.381 e. The van der Waals surface area contributed by atoms with E-state index in [2.05, 4.69) is 58.7 Å². The van der Waals surface area contributed by atoms with Gasteiger partial charge in [0.25, 0.3) is 0 Å². The number of unbranched alkanes of at least 4 members (excludes halogenated alkanes) is 1. The number of benzene rings is 1. The van der Waals surface area contributed by atoms with Gasteiger partial charge in [0, 0.05) is 43.7 Å². The second-order valence-electron chi connectivity index (χ2n) is 6.57. The molecule has 1 heterocycles. The number of halogens is 1. The van der Waals surface area contributed by atoms with Crippen LogP contribution in [0, 0.1) is 0 Å². The van der Waals surface area contributed by atoms with Crippen LogP contribution in [0.15, 0.2) is 41.5 Å². The zero-order valence-electron chi connectivity index (χ0n) is 17.7. The van der Waals surface area contributed by atoms with Crippen LogP contribution >= 0.6 is 35.3 Å².